The molecule has 1 atom stereocenters. The minimum Gasteiger partial charge on any atom is -0.387 e. The molecule has 0 amide bonds. The van der Waals surface area contributed by atoms with E-state index in [9.17, 15) is 13.9 Å². The maximum absolute atomic E-state index is 13.4. The minimum absolute atomic E-state index is 0.0542. The van der Waals surface area contributed by atoms with Gasteiger partial charge in [-0.2, -0.15) is 0 Å². The largest absolute Gasteiger partial charge is 0.387 e. The summed E-state index contributed by atoms with van der Waals surface area (Å²) in [4.78, 5) is 4.04. The molecule has 0 spiro atoms. The molecule has 0 aliphatic rings. The third-order valence-corrected chi connectivity index (χ3v) is 3.65. The fraction of sp³-hybridized carbons (Fsp3) is 0.154. The topological polar surface area (TPSA) is 33.1 Å². The van der Waals surface area contributed by atoms with Crippen LogP contribution in [0.1, 0.15) is 11.7 Å². The number of thioether (sulfide) groups is 1. The average Bonchev–Trinajstić information content (AvgIpc) is 2.40. The molecule has 19 heavy (non-hydrogen) atoms. The van der Waals surface area contributed by atoms with Crippen LogP contribution < -0.4 is 0 Å². The van der Waals surface area contributed by atoms with E-state index in [1.807, 2.05) is 0 Å². The third kappa shape index (κ3) is 3.89. The zero-order chi connectivity index (χ0) is 13.8. The Morgan fingerprint density at radius 1 is 1.26 bits per heavy atom. The normalized spacial score (nSPS) is 12.4. The van der Waals surface area contributed by atoms with E-state index >= 15 is 0 Å². The molecule has 1 N–H and O–H groups in total. The van der Waals surface area contributed by atoms with Gasteiger partial charge in [0.05, 0.1) is 16.2 Å². The first kappa shape index (κ1) is 14.2. The van der Waals surface area contributed by atoms with E-state index in [-0.39, 0.29) is 11.3 Å². The fourth-order valence-corrected chi connectivity index (χ4v) is 2.38. The number of pyridine rings is 1. The van der Waals surface area contributed by atoms with E-state index in [0.29, 0.717) is 10.0 Å². The number of nitrogens with zero attached hydrogens (tertiary/aromatic N) is 1. The minimum atomic E-state index is -1.10. The standard InChI is InChI=1S/C13H10ClF2NOS/c14-8-1-4-13(17-6-8)19-7-12(18)10-5-9(15)2-3-11(10)16/h1-6,12,18H,7H2. The Kier molecular flexibility index (Phi) is 4.74. The smallest absolute Gasteiger partial charge is 0.129 e. The Hall–Kier alpha value is -1.17. The van der Waals surface area contributed by atoms with Crippen molar-refractivity contribution in [3.8, 4) is 0 Å². The molecule has 0 fully saturated rings. The lowest BCUT2D eigenvalue weighted by Gasteiger charge is -2.11. The summed E-state index contributed by atoms with van der Waals surface area (Å²) in [5.41, 5.74) is -0.0542. The van der Waals surface area contributed by atoms with Gasteiger partial charge in [-0.3, -0.25) is 0 Å². The molecule has 1 heterocycles. The molecular weight excluding hydrogens is 292 g/mol. The van der Waals surface area contributed by atoms with Gasteiger partial charge in [-0.15, -0.1) is 11.8 Å². The summed E-state index contributed by atoms with van der Waals surface area (Å²) in [6.45, 7) is 0. The lowest BCUT2D eigenvalue weighted by atomic mass is 10.1. The maximum Gasteiger partial charge on any atom is 0.129 e. The van der Waals surface area contributed by atoms with Crippen LogP contribution in [0.5, 0.6) is 0 Å². The van der Waals surface area contributed by atoms with Gasteiger partial charge in [0.1, 0.15) is 11.6 Å². The molecule has 1 aromatic carbocycles. The number of rotatable bonds is 4. The molecule has 1 unspecified atom stereocenters. The molecule has 0 bridgehead atoms. The van der Waals surface area contributed by atoms with Crippen LogP contribution in [-0.2, 0) is 0 Å². The first-order chi connectivity index (χ1) is 9.06. The molecule has 0 aliphatic carbocycles. The summed E-state index contributed by atoms with van der Waals surface area (Å²) in [7, 11) is 0. The van der Waals surface area contributed by atoms with Crippen molar-refractivity contribution in [1.29, 1.82) is 0 Å². The van der Waals surface area contributed by atoms with Crippen molar-refractivity contribution in [2.45, 2.75) is 11.1 Å². The average molecular weight is 302 g/mol. The Morgan fingerprint density at radius 3 is 2.74 bits per heavy atom. The molecule has 0 saturated carbocycles. The highest BCUT2D eigenvalue weighted by Crippen LogP contribution is 2.26. The zero-order valence-corrected chi connectivity index (χ0v) is 11.3. The molecule has 0 aliphatic heterocycles. The number of aliphatic hydroxyl groups excluding tert-OH is 1. The fourth-order valence-electron chi connectivity index (χ4n) is 1.47. The van der Waals surface area contributed by atoms with Gasteiger partial charge in [0.25, 0.3) is 0 Å². The Labute approximate surface area is 118 Å². The van der Waals surface area contributed by atoms with Crippen LogP contribution in [0.15, 0.2) is 41.6 Å². The maximum atomic E-state index is 13.4. The molecule has 2 nitrogen and oxygen atoms in total. The van der Waals surface area contributed by atoms with Gasteiger partial charge in [0.15, 0.2) is 0 Å². The van der Waals surface area contributed by atoms with E-state index in [0.717, 1.165) is 18.2 Å². The second-order valence-corrected chi connectivity index (χ2v) is 5.28. The summed E-state index contributed by atoms with van der Waals surface area (Å²) in [6, 6.07) is 6.38. The van der Waals surface area contributed by atoms with E-state index in [1.54, 1.807) is 12.1 Å². The van der Waals surface area contributed by atoms with E-state index < -0.39 is 17.7 Å². The predicted molar refractivity (Wildman–Crippen MR) is 71.3 cm³/mol. The quantitative estimate of drug-likeness (QED) is 0.871. The third-order valence-electron chi connectivity index (χ3n) is 2.41. The number of hydrogen-bond donors (Lipinski definition) is 1. The molecule has 0 radical (unpaired) electrons. The van der Waals surface area contributed by atoms with Crippen LogP contribution in [0.3, 0.4) is 0 Å². The number of aliphatic hydroxyl groups is 1. The predicted octanol–water partition coefficient (Wildman–Crippen LogP) is 3.84. The second kappa shape index (κ2) is 6.32. The highest BCUT2D eigenvalue weighted by molar-refractivity contribution is 7.99. The molecule has 100 valence electrons. The SMILES string of the molecule is OC(CSc1ccc(Cl)cn1)c1cc(F)ccc1F. The van der Waals surface area contributed by atoms with Crippen molar-refractivity contribution in [2.24, 2.45) is 0 Å². The van der Waals surface area contributed by atoms with Gasteiger partial charge in [0, 0.05) is 17.5 Å². The van der Waals surface area contributed by atoms with E-state index in [4.69, 9.17) is 11.6 Å². The van der Waals surface area contributed by atoms with Crippen molar-refractivity contribution >= 4 is 23.4 Å². The van der Waals surface area contributed by atoms with E-state index in [1.165, 1.54) is 18.0 Å². The summed E-state index contributed by atoms with van der Waals surface area (Å²) >= 11 is 6.93. The van der Waals surface area contributed by atoms with Crippen LogP contribution in [0, 0.1) is 11.6 Å². The molecule has 6 heteroatoms. The van der Waals surface area contributed by atoms with Crippen molar-refractivity contribution in [2.75, 3.05) is 5.75 Å². The summed E-state index contributed by atoms with van der Waals surface area (Å²) < 4.78 is 26.4. The van der Waals surface area contributed by atoms with Gasteiger partial charge >= 0.3 is 0 Å². The van der Waals surface area contributed by atoms with Gasteiger partial charge < -0.3 is 5.11 Å². The lowest BCUT2D eigenvalue weighted by molar-refractivity contribution is 0.198. The first-order valence-electron chi connectivity index (χ1n) is 5.43. The van der Waals surface area contributed by atoms with Gasteiger partial charge in [-0.05, 0) is 30.3 Å². The summed E-state index contributed by atoms with van der Waals surface area (Å²) in [5.74, 6) is -1.03. The highest BCUT2D eigenvalue weighted by Gasteiger charge is 2.14. The first-order valence-corrected chi connectivity index (χ1v) is 6.80. The Morgan fingerprint density at radius 2 is 2.05 bits per heavy atom. The van der Waals surface area contributed by atoms with Crippen molar-refractivity contribution < 1.29 is 13.9 Å². The van der Waals surface area contributed by atoms with Gasteiger partial charge in [-0.1, -0.05) is 11.6 Å². The Bertz CT molecular complexity index is 565. The van der Waals surface area contributed by atoms with Crippen LogP contribution >= 0.6 is 23.4 Å². The molecule has 2 aromatic rings. The van der Waals surface area contributed by atoms with Crippen LogP contribution in [0.2, 0.25) is 5.02 Å². The van der Waals surface area contributed by atoms with Crippen molar-refractivity contribution in [3.05, 3.63) is 58.7 Å². The monoisotopic (exact) mass is 301 g/mol. The molecule has 2 rings (SSSR count). The summed E-state index contributed by atoms with van der Waals surface area (Å²) in [6.07, 6.45) is 0.386. The number of halogens is 3. The van der Waals surface area contributed by atoms with Gasteiger partial charge in [0.2, 0.25) is 0 Å². The van der Waals surface area contributed by atoms with Crippen LogP contribution in [0.4, 0.5) is 8.78 Å². The number of hydrogen-bond acceptors (Lipinski definition) is 3. The van der Waals surface area contributed by atoms with Crippen molar-refractivity contribution in [1.82, 2.24) is 4.98 Å². The molecule has 1 aromatic heterocycles. The summed E-state index contributed by atoms with van der Waals surface area (Å²) in [5, 5.41) is 11.0. The number of aromatic nitrogens is 1. The van der Waals surface area contributed by atoms with Crippen LogP contribution in [0.25, 0.3) is 0 Å². The Balaban J connectivity index is 2.03. The lowest BCUT2D eigenvalue weighted by Crippen LogP contribution is -2.04. The van der Waals surface area contributed by atoms with Crippen molar-refractivity contribution in [3.63, 3.8) is 0 Å². The molecule has 0 saturated heterocycles. The molecular formula is C13H10ClF2NOS. The highest BCUT2D eigenvalue weighted by atomic mass is 35.5. The van der Waals surface area contributed by atoms with Gasteiger partial charge in [-0.25, -0.2) is 13.8 Å². The zero-order valence-electron chi connectivity index (χ0n) is 9.69. The van der Waals surface area contributed by atoms with Crippen LogP contribution in [-0.4, -0.2) is 15.8 Å². The second-order valence-electron chi connectivity index (χ2n) is 3.81. The number of benzene rings is 1. The van der Waals surface area contributed by atoms with E-state index in [2.05, 4.69) is 4.98 Å².